The zero-order valence-electron chi connectivity index (χ0n) is 14.9. The van der Waals surface area contributed by atoms with Crippen LogP contribution in [0.15, 0.2) is 42.5 Å². The predicted molar refractivity (Wildman–Crippen MR) is 98.5 cm³/mol. The van der Waals surface area contributed by atoms with Crippen molar-refractivity contribution in [2.75, 3.05) is 13.7 Å². The second-order valence-corrected chi connectivity index (χ2v) is 6.24. The monoisotopic (exact) mass is 337 g/mol. The number of para-hydroxylation sites is 2. The van der Waals surface area contributed by atoms with Gasteiger partial charge in [-0.25, -0.2) is 4.98 Å². The summed E-state index contributed by atoms with van der Waals surface area (Å²) in [7, 11) is 1.51. The Kier molecular flexibility index (Phi) is 5.14. The SMILES string of the molecule is COCC(=O)NCc1nc2ccccc2n1Cc1cc(C)ccc1C. The summed E-state index contributed by atoms with van der Waals surface area (Å²) in [6.45, 7) is 5.37. The third-order valence-corrected chi connectivity index (χ3v) is 4.29. The minimum absolute atomic E-state index is 0.0528. The molecule has 25 heavy (non-hydrogen) atoms. The third kappa shape index (κ3) is 3.88. The highest BCUT2D eigenvalue weighted by molar-refractivity contribution is 5.78. The number of carbonyl (C=O) groups excluding carboxylic acids is 1. The number of amides is 1. The maximum absolute atomic E-state index is 11.7. The molecule has 0 atom stereocenters. The third-order valence-electron chi connectivity index (χ3n) is 4.29. The van der Waals surface area contributed by atoms with Crippen molar-refractivity contribution in [3.8, 4) is 0 Å². The average molecular weight is 337 g/mol. The van der Waals surface area contributed by atoms with E-state index in [0.717, 1.165) is 23.4 Å². The van der Waals surface area contributed by atoms with Gasteiger partial charge < -0.3 is 14.6 Å². The van der Waals surface area contributed by atoms with Gasteiger partial charge in [-0.3, -0.25) is 4.79 Å². The molecule has 3 rings (SSSR count). The Morgan fingerprint density at radius 2 is 2.00 bits per heavy atom. The first-order valence-electron chi connectivity index (χ1n) is 8.34. The van der Waals surface area contributed by atoms with Gasteiger partial charge in [0.25, 0.3) is 0 Å². The summed E-state index contributed by atoms with van der Waals surface area (Å²) >= 11 is 0. The predicted octanol–water partition coefficient (Wildman–Crippen LogP) is 2.96. The van der Waals surface area contributed by atoms with Gasteiger partial charge in [-0.05, 0) is 37.1 Å². The van der Waals surface area contributed by atoms with E-state index < -0.39 is 0 Å². The average Bonchev–Trinajstić information content (AvgIpc) is 2.94. The molecule has 0 bridgehead atoms. The number of benzene rings is 2. The van der Waals surface area contributed by atoms with E-state index in [1.807, 2.05) is 18.2 Å². The summed E-state index contributed by atoms with van der Waals surface area (Å²) in [6.07, 6.45) is 0. The molecule has 1 aromatic heterocycles. The van der Waals surface area contributed by atoms with E-state index in [4.69, 9.17) is 9.72 Å². The number of nitrogens with zero attached hydrogens (tertiary/aromatic N) is 2. The molecule has 0 saturated carbocycles. The Bertz CT molecular complexity index is 899. The van der Waals surface area contributed by atoms with Crippen molar-refractivity contribution in [3.05, 3.63) is 65.0 Å². The van der Waals surface area contributed by atoms with Gasteiger partial charge in [0.05, 0.1) is 17.6 Å². The minimum Gasteiger partial charge on any atom is -0.375 e. The Hall–Kier alpha value is -2.66. The smallest absolute Gasteiger partial charge is 0.246 e. The molecule has 0 aliphatic carbocycles. The maximum Gasteiger partial charge on any atom is 0.246 e. The summed E-state index contributed by atoms with van der Waals surface area (Å²) in [5.41, 5.74) is 5.74. The van der Waals surface area contributed by atoms with Crippen LogP contribution in [0.25, 0.3) is 11.0 Å². The molecule has 130 valence electrons. The van der Waals surface area contributed by atoms with Crippen molar-refractivity contribution in [3.63, 3.8) is 0 Å². The number of imidazole rings is 1. The molecule has 0 fully saturated rings. The number of aryl methyl sites for hydroxylation is 2. The topological polar surface area (TPSA) is 56.1 Å². The molecular formula is C20H23N3O2. The fourth-order valence-electron chi connectivity index (χ4n) is 2.94. The van der Waals surface area contributed by atoms with Crippen molar-refractivity contribution in [2.45, 2.75) is 26.9 Å². The molecule has 0 saturated heterocycles. The normalized spacial score (nSPS) is 11.0. The first-order chi connectivity index (χ1) is 12.1. The number of hydrogen-bond acceptors (Lipinski definition) is 3. The van der Waals surface area contributed by atoms with Gasteiger partial charge in [-0.1, -0.05) is 35.9 Å². The van der Waals surface area contributed by atoms with E-state index in [2.05, 4.69) is 48.0 Å². The van der Waals surface area contributed by atoms with Gasteiger partial charge in [-0.15, -0.1) is 0 Å². The molecule has 0 aliphatic heterocycles. The number of aromatic nitrogens is 2. The second-order valence-electron chi connectivity index (χ2n) is 6.24. The van der Waals surface area contributed by atoms with Crippen molar-refractivity contribution in [1.29, 1.82) is 0 Å². The second kappa shape index (κ2) is 7.49. The van der Waals surface area contributed by atoms with Gasteiger partial charge in [0.15, 0.2) is 0 Å². The highest BCUT2D eigenvalue weighted by Crippen LogP contribution is 2.20. The lowest BCUT2D eigenvalue weighted by atomic mass is 10.1. The molecule has 0 aliphatic rings. The van der Waals surface area contributed by atoms with Gasteiger partial charge in [0.1, 0.15) is 12.4 Å². The Morgan fingerprint density at radius 3 is 2.80 bits per heavy atom. The lowest BCUT2D eigenvalue weighted by molar-refractivity contribution is -0.124. The summed E-state index contributed by atoms with van der Waals surface area (Å²) in [5.74, 6) is 0.694. The lowest BCUT2D eigenvalue weighted by Gasteiger charge is -2.13. The quantitative estimate of drug-likeness (QED) is 0.752. The fourth-order valence-corrected chi connectivity index (χ4v) is 2.94. The number of ether oxygens (including phenoxy) is 1. The van der Waals surface area contributed by atoms with Crippen LogP contribution < -0.4 is 5.32 Å². The zero-order valence-corrected chi connectivity index (χ0v) is 14.9. The van der Waals surface area contributed by atoms with E-state index in [1.165, 1.54) is 23.8 Å². The lowest BCUT2D eigenvalue weighted by Crippen LogP contribution is -2.28. The van der Waals surface area contributed by atoms with Crippen molar-refractivity contribution < 1.29 is 9.53 Å². The molecule has 2 aromatic carbocycles. The van der Waals surface area contributed by atoms with Crippen molar-refractivity contribution in [1.82, 2.24) is 14.9 Å². The van der Waals surface area contributed by atoms with Crippen LogP contribution in [-0.4, -0.2) is 29.2 Å². The summed E-state index contributed by atoms with van der Waals surface area (Å²) in [6, 6.07) is 14.5. The number of methoxy groups -OCH3 is 1. The van der Waals surface area contributed by atoms with E-state index in [9.17, 15) is 4.79 Å². The minimum atomic E-state index is -0.146. The fraction of sp³-hybridized carbons (Fsp3) is 0.300. The van der Waals surface area contributed by atoms with Crippen LogP contribution in [0.1, 0.15) is 22.5 Å². The standard InChI is InChI=1S/C20H23N3O2/c1-14-8-9-15(2)16(10-14)12-23-18-7-5-4-6-17(18)22-19(23)11-21-20(24)13-25-3/h4-10H,11-13H2,1-3H3,(H,21,24). The Labute approximate surface area is 147 Å². The van der Waals surface area contributed by atoms with E-state index in [1.54, 1.807) is 0 Å². The molecule has 1 amide bonds. The molecule has 1 N–H and O–H groups in total. The number of rotatable bonds is 6. The number of carbonyl (C=O) groups is 1. The van der Waals surface area contributed by atoms with E-state index in [0.29, 0.717) is 6.54 Å². The largest absolute Gasteiger partial charge is 0.375 e. The van der Waals surface area contributed by atoms with Crippen LogP contribution in [0.3, 0.4) is 0 Å². The van der Waals surface area contributed by atoms with Crippen molar-refractivity contribution in [2.24, 2.45) is 0 Å². The first-order valence-corrected chi connectivity index (χ1v) is 8.34. The molecule has 0 spiro atoms. The van der Waals surface area contributed by atoms with Crippen LogP contribution in [0.2, 0.25) is 0 Å². The van der Waals surface area contributed by atoms with Gasteiger partial charge >= 0.3 is 0 Å². The van der Waals surface area contributed by atoms with Crippen LogP contribution >= 0.6 is 0 Å². The number of nitrogens with one attached hydrogen (secondary N) is 1. The van der Waals surface area contributed by atoms with Crippen LogP contribution in [0.4, 0.5) is 0 Å². The highest BCUT2D eigenvalue weighted by atomic mass is 16.5. The van der Waals surface area contributed by atoms with E-state index >= 15 is 0 Å². The van der Waals surface area contributed by atoms with Crippen LogP contribution in [0, 0.1) is 13.8 Å². The summed E-state index contributed by atoms with van der Waals surface area (Å²) in [5, 5.41) is 2.87. The molecule has 3 aromatic rings. The molecular weight excluding hydrogens is 314 g/mol. The Morgan fingerprint density at radius 1 is 1.20 bits per heavy atom. The summed E-state index contributed by atoms with van der Waals surface area (Å²) < 4.78 is 7.04. The highest BCUT2D eigenvalue weighted by Gasteiger charge is 2.13. The van der Waals surface area contributed by atoms with E-state index in [-0.39, 0.29) is 12.5 Å². The van der Waals surface area contributed by atoms with Gasteiger partial charge in [0.2, 0.25) is 5.91 Å². The Balaban J connectivity index is 1.95. The molecule has 5 nitrogen and oxygen atoms in total. The molecule has 1 heterocycles. The number of hydrogen-bond donors (Lipinski definition) is 1. The zero-order chi connectivity index (χ0) is 17.8. The first kappa shape index (κ1) is 17.2. The van der Waals surface area contributed by atoms with Crippen LogP contribution in [0.5, 0.6) is 0 Å². The van der Waals surface area contributed by atoms with Crippen LogP contribution in [-0.2, 0) is 22.6 Å². The van der Waals surface area contributed by atoms with Gasteiger partial charge in [0, 0.05) is 13.7 Å². The van der Waals surface area contributed by atoms with Gasteiger partial charge in [-0.2, -0.15) is 0 Å². The molecule has 0 radical (unpaired) electrons. The molecule has 0 unspecified atom stereocenters. The number of fused-ring (bicyclic) bond motifs is 1. The van der Waals surface area contributed by atoms with Crippen molar-refractivity contribution >= 4 is 16.9 Å². The maximum atomic E-state index is 11.7. The molecule has 5 heteroatoms. The summed E-state index contributed by atoms with van der Waals surface area (Å²) in [4.78, 5) is 16.4.